The van der Waals surface area contributed by atoms with Gasteiger partial charge < -0.3 is 0 Å². The van der Waals surface area contributed by atoms with Crippen LogP contribution in [0.2, 0.25) is 0 Å². The molecule has 0 fully saturated rings. The Hall–Kier alpha value is 0. The lowest BCUT2D eigenvalue weighted by Gasteiger charge is -2.01. The standard InChI is InChI=1S/C15H29/c1-3-5-7-9-11-13-15-14-12-10-8-6-4-2/h5H,1-4,6-15H2. The van der Waals surface area contributed by atoms with Crippen LogP contribution in [0.15, 0.2) is 0 Å². The first-order chi connectivity index (χ1) is 7.41. The summed E-state index contributed by atoms with van der Waals surface area (Å²) in [6.45, 7) is 7.67. The second-order valence-electron chi connectivity index (χ2n) is 4.40. The van der Waals surface area contributed by atoms with Crippen LogP contribution in [0.4, 0.5) is 0 Å². The van der Waals surface area contributed by atoms with Crippen molar-refractivity contribution in [3.63, 3.8) is 0 Å². The van der Waals surface area contributed by atoms with Gasteiger partial charge in [-0.05, 0) is 6.42 Å². The maximum atomic E-state index is 3.86. The molecule has 0 unspecified atom stereocenters. The molecule has 89 valence electrons. The molecule has 0 nitrogen and oxygen atoms in total. The fourth-order valence-corrected chi connectivity index (χ4v) is 1.85. The molecule has 0 aliphatic heterocycles. The zero-order valence-electron chi connectivity index (χ0n) is 10.5. The van der Waals surface area contributed by atoms with Crippen LogP contribution in [0, 0.1) is 20.3 Å². The molecule has 0 aromatic heterocycles. The zero-order valence-corrected chi connectivity index (χ0v) is 10.5. The highest BCUT2D eigenvalue weighted by Gasteiger charge is 1.92. The summed E-state index contributed by atoms with van der Waals surface area (Å²) in [6.07, 6.45) is 18.3. The molecule has 15 heavy (non-hydrogen) atoms. The lowest BCUT2D eigenvalue weighted by atomic mass is 10.1. The third-order valence-electron chi connectivity index (χ3n) is 2.86. The minimum Gasteiger partial charge on any atom is -0.0533 e. The first-order valence-electron chi connectivity index (χ1n) is 6.82. The van der Waals surface area contributed by atoms with E-state index in [-0.39, 0.29) is 0 Å². The molecule has 0 saturated carbocycles. The second-order valence-corrected chi connectivity index (χ2v) is 4.40. The first-order valence-corrected chi connectivity index (χ1v) is 6.82. The normalized spacial score (nSPS) is 10.8. The molecule has 0 bridgehead atoms. The lowest BCUT2D eigenvalue weighted by molar-refractivity contribution is 0.558. The molecule has 0 aliphatic carbocycles. The Morgan fingerprint density at radius 2 is 1.07 bits per heavy atom. The summed E-state index contributed by atoms with van der Waals surface area (Å²) < 4.78 is 0. The molecule has 3 radical (unpaired) electrons. The number of hydrogen-bond donors (Lipinski definition) is 0. The van der Waals surface area contributed by atoms with Gasteiger partial charge in [0.1, 0.15) is 0 Å². The molecule has 0 heterocycles. The van der Waals surface area contributed by atoms with E-state index in [1.54, 1.807) is 0 Å². The van der Waals surface area contributed by atoms with Crippen LogP contribution in [0.25, 0.3) is 0 Å². The summed E-state index contributed by atoms with van der Waals surface area (Å²) in [5.41, 5.74) is 0. The topological polar surface area (TPSA) is 0 Å². The van der Waals surface area contributed by atoms with E-state index in [2.05, 4.69) is 20.3 Å². The van der Waals surface area contributed by atoms with Crippen molar-refractivity contribution in [1.29, 1.82) is 0 Å². The smallest absolute Gasteiger partial charge is 0.0386 e. The van der Waals surface area contributed by atoms with Crippen LogP contribution in [-0.4, -0.2) is 0 Å². The zero-order chi connectivity index (χ0) is 11.2. The van der Waals surface area contributed by atoms with Gasteiger partial charge in [-0.3, -0.25) is 0 Å². The Morgan fingerprint density at radius 1 is 0.600 bits per heavy atom. The quantitative estimate of drug-likeness (QED) is 0.370. The molecule has 0 atom stereocenters. The maximum Gasteiger partial charge on any atom is -0.0386 e. The third-order valence-corrected chi connectivity index (χ3v) is 2.86. The van der Waals surface area contributed by atoms with Crippen molar-refractivity contribution in [3.05, 3.63) is 20.3 Å². The highest BCUT2D eigenvalue weighted by atomic mass is 14.0. The van der Waals surface area contributed by atoms with Crippen LogP contribution < -0.4 is 0 Å². The molecule has 0 spiro atoms. The van der Waals surface area contributed by atoms with Gasteiger partial charge in [0.05, 0.1) is 0 Å². The predicted molar refractivity (Wildman–Crippen MR) is 70.4 cm³/mol. The second kappa shape index (κ2) is 14.0. The van der Waals surface area contributed by atoms with E-state index in [9.17, 15) is 0 Å². The van der Waals surface area contributed by atoms with Crippen LogP contribution in [0.3, 0.4) is 0 Å². The summed E-state index contributed by atoms with van der Waals surface area (Å²) in [5.74, 6) is 0. The lowest BCUT2D eigenvalue weighted by Crippen LogP contribution is -1.82. The summed E-state index contributed by atoms with van der Waals surface area (Å²) in [7, 11) is 0. The van der Waals surface area contributed by atoms with Crippen LogP contribution in [0.1, 0.15) is 77.0 Å². The molecule has 0 N–H and O–H groups in total. The minimum atomic E-state index is 0.992. The summed E-state index contributed by atoms with van der Waals surface area (Å²) in [5, 5.41) is 0. The van der Waals surface area contributed by atoms with E-state index in [0.29, 0.717) is 0 Å². The Kier molecular flexibility index (Phi) is 14.0. The van der Waals surface area contributed by atoms with Crippen molar-refractivity contribution in [2.24, 2.45) is 0 Å². The Balaban J connectivity index is 2.81. The average Bonchev–Trinajstić information content (AvgIpc) is 2.26. The van der Waals surface area contributed by atoms with Crippen molar-refractivity contribution in [1.82, 2.24) is 0 Å². The summed E-state index contributed by atoms with van der Waals surface area (Å²) in [6, 6.07) is 0. The van der Waals surface area contributed by atoms with E-state index in [0.717, 1.165) is 12.8 Å². The maximum absolute atomic E-state index is 3.86. The van der Waals surface area contributed by atoms with Crippen molar-refractivity contribution in [2.75, 3.05) is 0 Å². The van der Waals surface area contributed by atoms with E-state index in [1.807, 2.05) is 0 Å². The highest BCUT2D eigenvalue weighted by molar-refractivity contribution is 4.64. The average molecular weight is 209 g/mol. The van der Waals surface area contributed by atoms with Crippen molar-refractivity contribution in [2.45, 2.75) is 77.0 Å². The first kappa shape index (κ1) is 15.0. The van der Waals surface area contributed by atoms with Crippen LogP contribution in [0.5, 0.6) is 0 Å². The monoisotopic (exact) mass is 209 g/mol. The van der Waals surface area contributed by atoms with Crippen molar-refractivity contribution in [3.8, 4) is 0 Å². The fourth-order valence-electron chi connectivity index (χ4n) is 1.85. The third kappa shape index (κ3) is 14.0. The van der Waals surface area contributed by atoms with Gasteiger partial charge in [-0.1, -0.05) is 90.9 Å². The number of unbranched alkanes of at least 4 members (excludes halogenated alkanes) is 12. The number of rotatable bonds is 12. The van der Waals surface area contributed by atoms with Gasteiger partial charge in [-0.2, -0.15) is 0 Å². The minimum absolute atomic E-state index is 0.992. The van der Waals surface area contributed by atoms with Gasteiger partial charge >= 0.3 is 0 Å². The van der Waals surface area contributed by atoms with Crippen molar-refractivity contribution < 1.29 is 0 Å². The largest absolute Gasteiger partial charge is 0.0533 e. The Bertz CT molecular complexity index is 84.2. The molecule has 0 saturated heterocycles. The number of hydrogen-bond acceptors (Lipinski definition) is 0. The SMILES string of the molecule is [CH2]C[CH]CCCCCCCCCCC[CH2]. The van der Waals surface area contributed by atoms with E-state index in [4.69, 9.17) is 0 Å². The van der Waals surface area contributed by atoms with Crippen molar-refractivity contribution >= 4 is 0 Å². The Labute approximate surface area is 97.8 Å². The van der Waals surface area contributed by atoms with E-state index < -0.39 is 0 Å². The Morgan fingerprint density at radius 3 is 1.53 bits per heavy atom. The van der Waals surface area contributed by atoms with E-state index >= 15 is 0 Å². The summed E-state index contributed by atoms with van der Waals surface area (Å²) >= 11 is 0. The van der Waals surface area contributed by atoms with Gasteiger partial charge in [0.2, 0.25) is 0 Å². The molecule has 0 heteroatoms. The van der Waals surface area contributed by atoms with Gasteiger partial charge in [0.15, 0.2) is 0 Å². The predicted octanol–water partition coefficient (Wildman–Crippen LogP) is 5.54. The van der Waals surface area contributed by atoms with E-state index in [1.165, 1.54) is 64.2 Å². The highest BCUT2D eigenvalue weighted by Crippen LogP contribution is 2.11. The molecule has 0 aromatic carbocycles. The fraction of sp³-hybridized carbons (Fsp3) is 0.800. The van der Waals surface area contributed by atoms with Crippen LogP contribution in [-0.2, 0) is 0 Å². The molecule has 0 aliphatic rings. The molecule has 0 amide bonds. The van der Waals surface area contributed by atoms with Gasteiger partial charge in [0.25, 0.3) is 0 Å². The molecular weight excluding hydrogens is 180 g/mol. The van der Waals surface area contributed by atoms with Gasteiger partial charge in [0, 0.05) is 0 Å². The molecule has 0 aromatic rings. The van der Waals surface area contributed by atoms with Gasteiger partial charge in [-0.15, -0.1) is 0 Å². The van der Waals surface area contributed by atoms with Crippen LogP contribution >= 0.6 is 0 Å². The summed E-state index contributed by atoms with van der Waals surface area (Å²) in [4.78, 5) is 0. The molecule has 0 rings (SSSR count). The van der Waals surface area contributed by atoms with Gasteiger partial charge in [-0.25, -0.2) is 0 Å². The molecular formula is C15H29.